The molecule has 15 heteroatoms. The maximum atomic E-state index is 12.4. The Morgan fingerprint density at radius 3 is 1.44 bits per heavy atom. The fraction of sp³-hybridized carbons (Fsp3) is 0.854. The third-order valence-electron chi connectivity index (χ3n) is 9.54. The fourth-order valence-electron chi connectivity index (χ4n) is 6.33. The molecule has 0 aromatic rings. The first-order valence-electron chi connectivity index (χ1n) is 23.7. The molecule has 2 amide bonds. The lowest BCUT2D eigenvalue weighted by Gasteiger charge is -2.23. The van der Waals surface area contributed by atoms with E-state index in [1.807, 2.05) is 34.6 Å². The van der Waals surface area contributed by atoms with Crippen LogP contribution < -0.4 is 0 Å². The molecule has 15 nitrogen and oxygen atoms in total. The maximum Gasteiger partial charge on any atom is 0.333 e. The van der Waals surface area contributed by atoms with E-state index in [-0.39, 0.29) is 62.5 Å². The van der Waals surface area contributed by atoms with Crippen molar-refractivity contribution in [1.29, 1.82) is 0 Å². The summed E-state index contributed by atoms with van der Waals surface area (Å²) in [4.78, 5) is 87.9. The van der Waals surface area contributed by atoms with Gasteiger partial charge in [0, 0.05) is 71.2 Å². The van der Waals surface area contributed by atoms with Crippen molar-refractivity contribution < 1.29 is 66.8 Å². The number of hydroxylamine groups is 2. The SMILES string of the molecule is CCOCCC(=O)CC(CCC(=O)ON1C(=O)CCC1=O)C(=O)OC(C)(C)C.CCOCCOCCOCCCC(=O)CCCCCCCCCCCCCCC(=O)OC(C)(C)C. The zero-order valence-electron chi connectivity index (χ0n) is 40.5. The zero-order valence-corrected chi connectivity index (χ0v) is 40.5. The van der Waals surface area contributed by atoms with Gasteiger partial charge in [-0.15, -0.1) is 5.06 Å². The number of ether oxygens (including phenoxy) is 6. The van der Waals surface area contributed by atoms with Crippen LogP contribution in [-0.2, 0) is 66.8 Å². The van der Waals surface area contributed by atoms with Gasteiger partial charge in [-0.25, -0.2) is 4.79 Å². The van der Waals surface area contributed by atoms with Crippen molar-refractivity contribution in [3.63, 3.8) is 0 Å². The Morgan fingerprint density at radius 1 is 0.492 bits per heavy atom. The number of imide groups is 1. The molecular formula is C48H85NO14. The van der Waals surface area contributed by atoms with Gasteiger partial charge in [-0.05, 0) is 81.1 Å². The zero-order chi connectivity index (χ0) is 47.4. The third kappa shape index (κ3) is 37.8. The smallest absolute Gasteiger partial charge is 0.333 e. The van der Waals surface area contributed by atoms with Crippen molar-refractivity contribution in [1.82, 2.24) is 5.06 Å². The van der Waals surface area contributed by atoms with E-state index >= 15 is 0 Å². The number of nitrogens with zero attached hydrogens (tertiary/aromatic N) is 1. The van der Waals surface area contributed by atoms with Crippen LogP contribution in [0, 0.1) is 5.92 Å². The van der Waals surface area contributed by atoms with E-state index in [0.29, 0.717) is 69.8 Å². The second-order valence-corrected chi connectivity index (χ2v) is 17.9. The molecule has 1 unspecified atom stereocenters. The third-order valence-corrected chi connectivity index (χ3v) is 9.54. The van der Waals surface area contributed by atoms with Gasteiger partial charge >= 0.3 is 17.9 Å². The molecule has 366 valence electrons. The summed E-state index contributed by atoms with van der Waals surface area (Å²) in [6.07, 6.45) is 17.0. The molecule has 1 aliphatic rings. The van der Waals surface area contributed by atoms with Crippen LogP contribution in [0.5, 0.6) is 0 Å². The van der Waals surface area contributed by atoms with E-state index in [1.54, 1.807) is 20.8 Å². The quantitative estimate of drug-likeness (QED) is 0.0327. The number of esters is 2. The van der Waals surface area contributed by atoms with Crippen molar-refractivity contribution in [3.05, 3.63) is 0 Å². The molecule has 0 saturated carbocycles. The van der Waals surface area contributed by atoms with Gasteiger partial charge in [0.15, 0.2) is 0 Å². The monoisotopic (exact) mass is 900 g/mol. The van der Waals surface area contributed by atoms with Gasteiger partial charge in [0.05, 0.1) is 39.0 Å². The van der Waals surface area contributed by atoms with Crippen molar-refractivity contribution >= 4 is 41.3 Å². The first-order valence-corrected chi connectivity index (χ1v) is 23.7. The Kier molecular flexibility index (Phi) is 35.1. The van der Waals surface area contributed by atoms with E-state index < -0.39 is 35.3 Å². The normalized spacial score (nSPS) is 13.4. The van der Waals surface area contributed by atoms with E-state index in [4.69, 9.17) is 33.3 Å². The Hall–Kier alpha value is -3.27. The van der Waals surface area contributed by atoms with E-state index in [0.717, 1.165) is 32.3 Å². The average molecular weight is 900 g/mol. The summed E-state index contributed by atoms with van der Waals surface area (Å²) >= 11 is 0. The fourth-order valence-corrected chi connectivity index (χ4v) is 6.33. The predicted octanol–water partition coefficient (Wildman–Crippen LogP) is 8.93. The highest BCUT2D eigenvalue weighted by Gasteiger charge is 2.34. The van der Waals surface area contributed by atoms with Crippen molar-refractivity contribution in [3.8, 4) is 0 Å². The highest BCUT2D eigenvalue weighted by Crippen LogP contribution is 2.21. The summed E-state index contributed by atoms with van der Waals surface area (Å²) in [5.74, 6) is -3.27. The maximum absolute atomic E-state index is 12.4. The Labute approximate surface area is 379 Å². The van der Waals surface area contributed by atoms with E-state index in [1.165, 1.54) is 57.8 Å². The van der Waals surface area contributed by atoms with Gasteiger partial charge in [-0.2, -0.15) is 0 Å². The summed E-state index contributed by atoms with van der Waals surface area (Å²) in [5, 5.41) is 0.456. The van der Waals surface area contributed by atoms with Gasteiger partial charge in [-0.3, -0.25) is 28.8 Å². The molecular weight excluding hydrogens is 815 g/mol. The lowest BCUT2D eigenvalue weighted by Crippen LogP contribution is -2.33. The number of ketones is 2. The largest absolute Gasteiger partial charge is 0.460 e. The second kappa shape index (κ2) is 37.0. The minimum atomic E-state index is -0.828. The molecule has 1 aliphatic heterocycles. The van der Waals surface area contributed by atoms with Gasteiger partial charge in [0.25, 0.3) is 11.8 Å². The van der Waals surface area contributed by atoms with Crippen LogP contribution in [0.4, 0.5) is 0 Å². The topological polar surface area (TPSA) is 187 Å². The first-order chi connectivity index (χ1) is 29.9. The molecule has 0 aromatic heterocycles. The number of hydrogen-bond donors (Lipinski definition) is 0. The Bertz CT molecular complexity index is 1270. The molecule has 0 aliphatic carbocycles. The summed E-state index contributed by atoms with van der Waals surface area (Å²) in [6, 6.07) is 0. The van der Waals surface area contributed by atoms with Crippen LogP contribution in [0.15, 0.2) is 0 Å². The molecule has 0 bridgehead atoms. The molecule has 1 heterocycles. The van der Waals surface area contributed by atoms with Crippen molar-refractivity contribution in [2.45, 2.75) is 208 Å². The van der Waals surface area contributed by atoms with E-state index in [2.05, 4.69) is 0 Å². The minimum Gasteiger partial charge on any atom is -0.460 e. The molecule has 1 rings (SSSR count). The lowest BCUT2D eigenvalue weighted by atomic mass is 9.95. The molecule has 1 saturated heterocycles. The molecule has 0 spiro atoms. The predicted molar refractivity (Wildman–Crippen MR) is 239 cm³/mol. The number of rotatable bonds is 37. The number of unbranched alkanes of at least 4 members (excludes halogenated alkanes) is 11. The molecule has 0 aromatic carbocycles. The first kappa shape index (κ1) is 59.7. The van der Waals surface area contributed by atoms with Crippen LogP contribution in [0.1, 0.15) is 197 Å². The molecule has 0 radical (unpaired) electrons. The van der Waals surface area contributed by atoms with Crippen LogP contribution in [0.2, 0.25) is 0 Å². The number of carbonyl (C=O) groups is 7. The summed E-state index contributed by atoms with van der Waals surface area (Å²) in [7, 11) is 0. The van der Waals surface area contributed by atoms with Crippen LogP contribution in [-0.4, -0.2) is 110 Å². The number of hydrogen-bond acceptors (Lipinski definition) is 14. The minimum absolute atomic E-state index is 0.000972. The van der Waals surface area contributed by atoms with Crippen LogP contribution in [0.3, 0.4) is 0 Å². The molecule has 1 atom stereocenters. The lowest BCUT2D eigenvalue weighted by molar-refractivity contribution is -0.197. The van der Waals surface area contributed by atoms with Crippen molar-refractivity contribution in [2.75, 3.05) is 52.9 Å². The van der Waals surface area contributed by atoms with Crippen LogP contribution in [0.25, 0.3) is 0 Å². The molecule has 63 heavy (non-hydrogen) atoms. The summed E-state index contributed by atoms with van der Waals surface area (Å²) in [6.45, 7) is 19.1. The standard InChI is InChI=1S/C29H56O6.C19H29NO8/c1-5-32-23-24-34-26-25-33-22-18-20-27(30)19-16-14-12-10-8-6-7-9-11-13-15-17-21-28(31)35-29(2,3)4;1-5-26-11-10-14(21)12-13(18(25)27-19(2,3)4)6-9-17(24)28-20-15(22)7-8-16(20)23/h5-26H2,1-4H3;13H,5-12H2,1-4H3. The highest BCUT2D eigenvalue weighted by molar-refractivity contribution is 6.01. The van der Waals surface area contributed by atoms with Gasteiger partial charge in [0.2, 0.25) is 0 Å². The Balaban J connectivity index is 0.00000125. The Morgan fingerprint density at radius 2 is 0.937 bits per heavy atom. The second-order valence-electron chi connectivity index (χ2n) is 17.9. The summed E-state index contributed by atoms with van der Waals surface area (Å²) < 4.78 is 31.9. The van der Waals surface area contributed by atoms with Gasteiger partial charge < -0.3 is 33.3 Å². The number of carbonyl (C=O) groups excluding carboxylic acids is 7. The average Bonchev–Trinajstić information content (AvgIpc) is 3.51. The van der Waals surface area contributed by atoms with Crippen LogP contribution >= 0.6 is 0 Å². The summed E-state index contributed by atoms with van der Waals surface area (Å²) in [5.41, 5.74) is -1.11. The van der Waals surface area contributed by atoms with Crippen molar-refractivity contribution in [2.24, 2.45) is 5.92 Å². The highest BCUT2D eigenvalue weighted by atomic mass is 16.7. The number of amides is 2. The molecule has 0 N–H and O–H groups in total. The molecule has 1 fully saturated rings. The number of Topliss-reactive ketones (excluding diaryl/α,β-unsaturated/α-hetero) is 2. The van der Waals surface area contributed by atoms with Gasteiger partial charge in [-0.1, -0.05) is 64.2 Å². The van der Waals surface area contributed by atoms with E-state index in [9.17, 15) is 33.6 Å². The van der Waals surface area contributed by atoms with Gasteiger partial charge in [0.1, 0.15) is 22.8 Å².